The number of pyridine rings is 1. The predicted octanol–water partition coefficient (Wildman–Crippen LogP) is 0.366. The third-order valence-electron chi connectivity index (χ3n) is 2.30. The molecule has 0 saturated heterocycles. The molecule has 0 amide bonds. The number of halogens is 1. The van der Waals surface area contributed by atoms with Gasteiger partial charge in [-0.1, -0.05) is 5.16 Å². The minimum Gasteiger partial charge on any atom is -0.409 e. The summed E-state index contributed by atoms with van der Waals surface area (Å²) < 4.78 is 39.0. The highest BCUT2D eigenvalue weighted by Crippen LogP contribution is 2.18. The molecule has 0 bridgehead atoms. The SMILES string of the molecule is CC(C)N(C/C(N)=N/O)S(=O)(=O)c1ncccc1F. The Morgan fingerprint density at radius 2 is 2.26 bits per heavy atom. The zero-order chi connectivity index (χ0) is 14.6. The van der Waals surface area contributed by atoms with Crippen LogP contribution in [0.5, 0.6) is 0 Å². The summed E-state index contributed by atoms with van der Waals surface area (Å²) in [5.74, 6) is -1.25. The van der Waals surface area contributed by atoms with Crippen molar-refractivity contribution in [2.45, 2.75) is 24.9 Å². The Morgan fingerprint density at radius 3 is 2.74 bits per heavy atom. The number of sulfonamides is 1. The van der Waals surface area contributed by atoms with Gasteiger partial charge in [0.05, 0.1) is 6.54 Å². The molecule has 0 atom stereocenters. The molecular weight excluding hydrogens is 275 g/mol. The van der Waals surface area contributed by atoms with Crippen molar-refractivity contribution in [2.24, 2.45) is 10.9 Å². The first kappa shape index (κ1) is 15.3. The highest BCUT2D eigenvalue weighted by Gasteiger charge is 2.31. The van der Waals surface area contributed by atoms with E-state index in [9.17, 15) is 12.8 Å². The van der Waals surface area contributed by atoms with E-state index in [4.69, 9.17) is 10.9 Å². The van der Waals surface area contributed by atoms with Gasteiger partial charge in [-0.15, -0.1) is 0 Å². The van der Waals surface area contributed by atoms with Gasteiger partial charge in [-0.25, -0.2) is 17.8 Å². The van der Waals surface area contributed by atoms with Crippen molar-refractivity contribution in [2.75, 3.05) is 6.54 Å². The smallest absolute Gasteiger partial charge is 0.264 e. The number of amidine groups is 1. The predicted molar refractivity (Wildman–Crippen MR) is 66.6 cm³/mol. The van der Waals surface area contributed by atoms with Crippen molar-refractivity contribution < 1.29 is 18.0 Å². The van der Waals surface area contributed by atoms with E-state index in [1.54, 1.807) is 13.8 Å². The molecule has 7 nitrogen and oxygen atoms in total. The number of nitrogens with zero attached hydrogens (tertiary/aromatic N) is 3. The first-order valence-electron chi connectivity index (χ1n) is 5.39. The van der Waals surface area contributed by atoms with E-state index in [1.165, 1.54) is 12.3 Å². The van der Waals surface area contributed by atoms with Crippen molar-refractivity contribution in [1.29, 1.82) is 0 Å². The molecule has 1 rings (SSSR count). The molecule has 1 aromatic rings. The van der Waals surface area contributed by atoms with Crippen molar-refractivity contribution in [3.63, 3.8) is 0 Å². The quantitative estimate of drug-likeness (QED) is 0.352. The van der Waals surface area contributed by atoms with Crippen LogP contribution < -0.4 is 5.73 Å². The maximum Gasteiger partial charge on any atom is 0.264 e. The van der Waals surface area contributed by atoms with Crippen LogP contribution in [0.2, 0.25) is 0 Å². The van der Waals surface area contributed by atoms with Crippen LogP contribution in [0.4, 0.5) is 4.39 Å². The van der Waals surface area contributed by atoms with Crippen LogP contribution >= 0.6 is 0 Å². The molecule has 9 heteroatoms. The highest BCUT2D eigenvalue weighted by molar-refractivity contribution is 7.89. The van der Waals surface area contributed by atoms with E-state index < -0.39 is 26.9 Å². The Hall–Kier alpha value is -1.74. The first-order chi connectivity index (χ1) is 8.80. The number of nitrogens with two attached hydrogens (primary N) is 1. The van der Waals surface area contributed by atoms with Gasteiger partial charge < -0.3 is 10.9 Å². The zero-order valence-electron chi connectivity index (χ0n) is 10.5. The molecule has 0 aromatic carbocycles. The van der Waals surface area contributed by atoms with Gasteiger partial charge in [0, 0.05) is 12.2 Å². The van der Waals surface area contributed by atoms with Crippen molar-refractivity contribution in [3.05, 3.63) is 24.1 Å². The van der Waals surface area contributed by atoms with Crippen LogP contribution in [0.3, 0.4) is 0 Å². The fourth-order valence-corrected chi connectivity index (χ4v) is 3.00. The molecule has 106 valence electrons. The van der Waals surface area contributed by atoms with Gasteiger partial charge in [-0.2, -0.15) is 4.31 Å². The molecule has 0 unspecified atom stereocenters. The van der Waals surface area contributed by atoms with Crippen molar-refractivity contribution in [1.82, 2.24) is 9.29 Å². The van der Waals surface area contributed by atoms with Crippen LogP contribution in [0, 0.1) is 5.82 Å². The summed E-state index contributed by atoms with van der Waals surface area (Å²) in [6.45, 7) is 2.82. The van der Waals surface area contributed by atoms with Gasteiger partial charge in [0.15, 0.2) is 11.7 Å². The summed E-state index contributed by atoms with van der Waals surface area (Å²) in [5, 5.41) is 10.5. The molecule has 0 fully saturated rings. The second-order valence-corrected chi connectivity index (χ2v) is 5.83. The topological polar surface area (TPSA) is 109 Å². The number of oxime groups is 1. The van der Waals surface area contributed by atoms with E-state index in [0.717, 1.165) is 10.4 Å². The van der Waals surface area contributed by atoms with Crippen LogP contribution in [0.15, 0.2) is 28.5 Å². The van der Waals surface area contributed by atoms with Gasteiger partial charge in [0.1, 0.15) is 0 Å². The maximum atomic E-state index is 13.5. The first-order valence-corrected chi connectivity index (χ1v) is 6.83. The van der Waals surface area contributed by atoms with Gasteiger partial charge >= 0.3 is 0 Å². The molecule has 0 aliphatic rings. The Morgan fingerprint density at radius 1 is 1.63 bits per heavy atom. The van der Waals surface area contributed by atoms with Crippen molar-refractivity contribution in [3.8, 4) is 0 Å². The van der Waals surface area contributed by atoms with Crippen LogP contribution in [0.25, 0.3) is 0 Å². The monoisotopic (exact) mass is 290 g/mol. The summed E-state index contributed by atoms with van der Waals surface area (Å²) in [7, 11) is -4.16. The second-order valence-electron chi connectivity index (χ2n) is 4.03. The molecule has 1 aromatic heterocycles. The third kappa shape index (κ3) is 3.38. The normalized spacial score (nSPS) is 13.2. The molecule has 0 spiro atoms. The van der Waals surface area contributed by atoms with E-state index >= 15 is 0 Å². The summed E-state index contributed by atoms with van der Waals surface area (Å²) in [6.07, 6.45) is 1.18. The fourth-order valence-electron chi connectivity index (χ4n) is 1.41. The summed E-state index contributed by atoms with van der Waals surface area (Å²) in [5.41, 5.74) is 5.30. The number of hydrogen-bond donors (Lipinski definition) is 2. The molecule has 0 radical (unpaired) electrons. The van der Waals surface area contributed by atoms with Crippen LogP contribution in [0.1, 0.15) is 13.8 Å². The molecule has 19 heavy (non-hydrogen) atoms. The highest BCUT2D eigenvalue weighted by atomic mass is 32.2. The number of rotatable bonds is 5. The summed E-state index contributed by atoms with van der Waals surface area (Å²) in [4.78, 5) is 3.54. The second kappa shape index (κ2) is 5.93. The molecule has 0 aliphatic heterocycles. The van der Waals surface area contributed by atoms with Gasteiger partial charge in [-0.3, -0.25) is 0 Å². The Labute approximate surface area is 110 Å². The lowest BCUT2D eigenvalue weighted by Crippen LogP contribution is -2.43. The number of aromatic nitrogens is 1. The van der Waals surface area contributed by atoms with Crippen LogP contribution in [-0.4, -0.2) is 41.3 Å². The van der Waals surface area contributed by atoms with Gasteiger partial charge in [-0.05, 0) is 26.0 Å². The lowest BCUT2D eigenvalue weighted by atomic mass is 10.4. The van der Waals surface area contributed by atoms with Crippen LogP contribution in [-0.2, 0) is 10.0 Å². The van der Waals surface area contributed by atoms with Crippen molar-refractivity contribution >= 4 is 15.9 Å². The van der Waals surface area contributed by atoms with Gasteiger partial charge in [0.2, 0.25) is 5.03 Å². The minimum absolute atomic E-state index is 0.298. The zero-order valence-corrected chi connectivity index (χ0v) is 11.3. The van der Waals surface area contributed by atoms with E-state index in [0.29, 0.717) is 0 Å². The Balaban J connectivity index is 3.25. The molecular formula is C10H15FN4O3S. The number of hydrogen-bond acceptors (Lipinski definition) is 5. The fraction of sp³-hybridized carbons (Fsp3) is 0.400. The average molecular weight is 290 g/mol. The minimum atomic E-state index is -4.16. The largest absolute Gasteiger partial charge is 0.409 e. The Kier molecular flexibility index (Phi) is 4.78. The molecule has 0 saturated carbocycles. The average Bonchev–Trinajstić information content (AvgIpc) is 2.35. The Bertz CT molecular complexity index is 574. The summed E-state index contributed by atoms with van der Waals surface area (Å²) >= 11 is 0. The van der Waals surface area contributed by atoms with E-state index in [1.807, 2.05) is 0 Å². The van der Waals surface area contributed by atoms with Gasteiger partial charge in [0.25, 0.3) is 10.0 Å². The standard InChI is InChI=1S/C10H15FN4O3S/c1-7(2)15(6-9(12)14-16)19(17,18)10-8(11)4-3-5-13-10/h3-5,7,16H,6H2,1-2H3,(H2,12,14). The lowest BCUT2D eigenvalue weighted by molar-refractivity contribution is 0.312. The maximum absolute atomic E-state index is 13.5. The van der Waals surface area contributed by atoms with E-state index in [-0.39, 0.29) is 12.4 Å². The summed E-state index contributed by atoms with van der Waals surface area (Å²) in [6, 6.07) is 1.78. The molecule has 0 aliphatic carbocycles. The molecule has 1 heterocycles. The van der Waals surface area contributed by atoms with E-state index in [2.05, 4.69) is 10.1 Å². The lowest BCUT2D eigenvalue weighted by Gasteiger charge is -2.24. The third-order valence-corrected chi connectivity index (χ3v) is 4.26. The molecule has 3 N–H and O–H groups in total.